The third-order valence-electron chi connectivity index (χ3n) is 3.14. The van der Waals surface area contributed by atoms with E-state index < -0.39 is 5.60 Å². The highest BCUT2D eigenvalue weighted by Gasteiger charge is 2.31. The van der Waals surface area contributed by atoms with Gasteiger partial charge in [0.15, 0.2) is 5.60 Å². The molecule has 4 nitrogen and oxygen atoms in total. The maximum absolute atomic E-state index is 12.1. The Labute approximate surface area is 121 Å². The molecule has 0 N–H and O–H groups in total. The summed E-state index contributed by atoms with van der Waals surface area (Å²) in [5.74, 6) is 0.326. The van der Waals surface area contributed by atoms with Gasteiger partial charge in [-0.2, -0.15) is 0 Å². The van der Waals surface area contributed by atoms with Crippen molar-refractivity contribution in [3.05, 3.63) is 30.3 Å². The van der Waals surface area contributed by atoms with E-state index in [1.54, 1.807) is 13.8 Å². The minimum atomic E-state index is -0.982. The van der Waals surface area contributed by atoms with Crippen molar-refractivity contribution in [2.24, 2.45) is 0 Å². The molecule has 0 saturated carbocycles. The average molecular weight is 279 g/mol. The summed E-state index contributed by atoms with van der Waals surface area (Å²) in [4.78, 5) is 14.3. The molecule has 0 aliphatic carbocycles. The van der Waals surface area contributed by atoms with Crippen LogP contribution in [0.2, 0.25) is 0 Å². The van der Waals surface area contributed by atoms with Crippen molar-refractivity contribution in [1.82, 2.24) is 4.90 Å². The second-order valence-electron chi connectivity index (χ2n) is 5.09. The van der Waals surface area contributed by atoms with Gasteiger partial charge in [0.1, 0.15) is 12.4 Å². The highest BCUT2D eigenvalue weighted by molar-refractivity contribution is 5.79. The molecule has 0 amide bonds. The van der Waals surface area contributed by atoms with E-state index in [4.69, 9.17) is 9.47 Å². The summed E-state index contributed by atoms with van der Waals surface area (Å²) >= 11 is 0. The van der Waals surface area contributed by atoms with E-state index in [0.717, 1.165) is 19.6 Å². The fraction of sp³-hybridized carbons (Fsp3) is 0.562. The number of esters is 1. The van der Waals surface area contributed by atoms with Gasteiger partial charge >= 0.3 is 5.97 Å². The molecule has 4 heteroatoms. The van der Waals surface area contributed by atoms with Gasteiger partial charge in [-0.3, -0.25) is 0 Å². The molecule has 0 saturated heterocycles. The topological polar surface area (TPSA) is 38.8 Å². The fourth-order valence-electron chi connectivity index (χ4n) is 1.81. The maximum Gasteiger partial charge on any atom is 0.349 e. The summed E-state index contributed by atoms with van der Waals surface area (Å²) in [7, 11) is 0. The number of likely N-dealkylation sites (N-methyl/N-ethyl adjacent to an activating group) is 1. The Balaban J connectivity index is 2.44. The molecule has 0 atom stereocenters. The molecule has 0 unspecified atom stereocenters. The molecule has 20 heavy (non-hydrogen) atoms. The summed E-state index contributed by atoms with van der Waals surface area (Å²) in [6, 6.07) is 9.30. The molecule has 1 aromatic rings. The van der Waals surface area contributed by atoms with E-state index >= 15 is 0 Å². The molecule has 1 aromatic carbocycles. The minimum Gasteiger partial charge on any atom is -0.476 e. The summed E-state index contributed by atoms with van der Waals surface area (Å²) in [6.45, 7) is 10.7. The van der Waals surface area contributed by atoms with E-state index in [2.05, 4.69) is 18.7 Å². The van der Waals surface area contributed by atoms with Crippen molar-refractivity contribution in [3.8, 4) is 5.75 Å². The summed E-state index contributed by atoms with van der Waals surface area (Å²) in [5.41, 5.74) is -0.982. The fourth-order valence-corrected chi connectivity index (χ4v) is 1.81. The van der Waals surface area contributed by atoms with Crippen molar-refractivity contribution in [1.29, 1.82) is 0 Å². The minimum absolute atomic E-state index is 0.339. The van der Waals surface area contributed by atoms with Crippen LogP contribution in [0.15, 0.2) is 30.3 Å². The molecule has 0 aliphatic rings. The lowest BCUT2D eigenvalue weighted by Gasteiger charge is -2.25. The Kier molecular flexibility index (Phi) is 6.52. The molecule has 0 spiro atoms. The first kappa shape index (κ1) is 16.5. The number of benzene rings is 1. The van der Waals surface area contributed by atoms with Crippen LogP contribution in [0.4, 0.5) is 0 Å². The number of ether oxygens (including phenoxy) is 2. The molecule has 0 aliphatic heterocycles. The first-order valence-corrected chi connectivity index (χ1v) is 7.13. The zero-order valence-corrected chi connectivity index (χ0v) is 12.9. The van der Waals surface area contributed by atoms with Crippen LogP contribution in [0.5, 0.6) is 5.75 Å². The van der Waals surface area contributed by atoms with Crippen LogP contribution < -0.4 is 4.74 Å². The second-order valence-corrected chi connectivity index (χ2v) is 5.09. The molecule has 0 fully saturated rings. The van der Waals surface area contributed by atoms with Crippen LogP contribution in [0.1, 0.15) is 27.7 Å². The van der Waals surface area contributed by atoms with Gasteiger partial charge in [0.2, 0.25) is 0 Å². The number of hydrogen-bond donors (Lipinski definition) is 0. The molecule has 0 aromatic heterocycles. The summed E-state index contributed by atoms with van der Waals surface area (Å²) < 4.78 is 11.0. The van der Waals surface area contributed by atoms with Gasteiger partial charge in [-0.25, -0.2) is 4.79 Å². The van der Waals surface area contributed by atoms with Crippen molar-refractivity contribution in [2.45, 2.75) is 33.3 Å². The number of para-hydroxylation sites is 1. The Morgan fingerprint density at radius 2 is 1.75 bits per heavy atom. The Hall–Kier alpha value is -1.55. The molecule has 0 heterocycles. The van der Waals surface area contributed by atoms with Crippen LogP contribution >= 0.6 is 0 Å². The third-order valence-corrected chi connectivity index (χ3v) is 3.14. The lowest BCUT2D eigenvalue weighted by Crippen LogP contribution is -2.41. The SMILES string of the molecule is CCN(CC)CCOC(=O)C(C)(C)Oc1ccccc1. The highest BCUT2D eigenvalue weighted by Crippen LogP contribution is 2.18. The molecule has 0 radical (unpaired) electrons. The number of carbonyl (C=O) groups excluding carboxylic acids is 1. The number of hydrogen-bond acceptors (Lipinski definition) is 4. The summed E-state index contributed by atoms with van der Waals surface area (Å²) in [6.07, 6.45) is 0. The van der Waals surface area contributed by atoms with Gasteiger partial charge in [-0.15, -0.1) is 0 Å². The normalized spacial score (nSPS) is 11.4. The monoisotopic (exact) mass is 279 g/mol. The highest BCUT2D eigenvalue weighted by atomic mass is 16.6. The van der Waals surface area contributed by atoms with Gasteiger partial charge in [0.25, 0.3) is 0 Å². The number of carbonyl (C=O) groups is 1. The molecular formula is C16H25NO3. The van der Waals surface area contributed by atoms with E-state index in [1.807, 2.05) is 30.3 Å². The van der Waals surface area contributed by atoms with Crippen LogP contribution in [0.3, 0.4) is 0 Å². The zero-order valence-electron chi connectivity index (χ0n) is 12.9. The first-order valence-electron chi connectivity index (χ1n) is 7.13. The van der Waals surface area contributed by atoms with Crippen LogP contribution in [-0.4, -0.2) is 42.7 Å². The van der Waals surface area contributed by atoms with Gasteiger partial charge in [-0.1, -0.05) is 32.0 Å². The van der Waals surface area contributed by atoms with E-state index in [9.17, 15) is 4.79 Å². The molecular weight excluding hydrogens is 254 g/mol. The van der Waals surface area contributed by atoms with Gasteiger partial charge in [0, 0.05) is 6.54 Å². The summed E-state index contributed by atoms with van der Waals surface area (Å²) in [5, 5.41) is 0. The lowest BCUT2D eigenvalue weighted by atomic mass is 10.1. The van der Waals surface area contributed by atoms with Crippen molar-refractivity contribution < 1.29 is 14.3 Å². The predicted octanol–water partition coefficient (Wildman–Crippen LogP) is 2.73. The second kappa shape index (κ2) is 7.90. The first-order chi connectivity index (χ1) is 9.49. The average Bonchev–Trinajstić information content (AvgIpc) is 2.44. The largest absolute Gasteiger partial charge is 0.476 e. The van der Waals surface area contributed by atoms with Crippen LogP contribution in [0, 0.1) is 0 Å². The van der Waals surface area contributed by atoms with Gasteiger partial charge in [0.05, 0.1) is 0 Å². The van der Waals surface area contributed by atoms with Crippen LogP contribution in [-0.2, 0) is 9.53 Å². The number of rotatable bonds is 8. The molecule has 112 valence electrons. The third kappa shape index (κ3) is 5.21. The quantitative estimate of drug-likeness (QED) is 0.686. The Morgan fingerprint density at radius 1 is 1.15 bits per heavy atom. The molecule has 1 rings (SSSR count). The Morgan fingerprint density at radius 3 is 2.30 bits per heavy atom. The zero-order chi connectivity index (χ0) is 15.0. The predicted molar refractivity (Wildman–Crippen MR) is 79.9 cm³/mol. The van der Waals surface area contributed by atoms with Crippen LogP contribution in [0.25, 0.3) is 0 Å². The smallest absolute Gasteiger partial charge is 0.349 e. The Bertz CT molecular complexity index is 399. The molecule has 0 bridgehead atoms. The van der Waals surface area contributed by atoms with E-state index in [1.165, 1.54) is 0 Å². The van der Waals surface area contributed by atoms with Gasteiger partial charge < -0.3 is 14.4 Å². The maximum atomic E-state index is 12.1. The lowest BCUT2D eigenvalue weighted by molar-refractivity contribution is -0.159. The van der Waals surface area contributed by atoms with Crippen molar-refractivity contribution in [3.63, 3.8) is 0 Å². The number of nitrogens with zero attached hydrogens (tertiary/aromatic N) is 1. The van der Waals surface area contributed by atoms with Gasteiger partial charge in [-0.05, 0) is 39.1 Å². The van der Waals surface area contributed by atoms with E-state index in [-0.39, 0.29) is 5.97 Å². The van der Waals surface area contributed by atoms with E-state index in [0.29, 0.717) is 12.4 Å². The standard InChI is InChI=1S/C16H25NO3/c1-5-17(6-2)12-13-19-15(18)16(3,4)20-14-10-8-7-9-11-14/h7-11H,5-6,12-13H2,1-4H3. The van der Waals surface area contributed by atoms with Crippen molar-refractivity contribution >= 4 is 5.97 Å². The van der Waals surface area contributed by atoms with Crippen molar-refractivity contribution in [2.75, 3.05) is 26.2 Å².